The number of nitrogens with one attached hydrogen (secondary N) is 2. The van der Waals surface area contributed by atoms with E-state index in [1.54, 1.807) is 0 Å². The zero-order valence-electron chi connectivity index (χ0n) is 21.7. The molecule has 8 heteroatoms. The molecule has 2 saturated carbocycles. The SMILES string of the molecule is CC[C@H]1C[C@@H]1Nc1ncc2c(C3CCN(C(=O)[C@H]4CCCCN4)CC3)cn(C3CCC(O)CC3)c2n1. The van der Waals surface area contributed by atoms with Crippen molar-refractivity contribution in [2.75, 3.05) is 25.0 Å². The third-order valence-electron chi connectivity index (χ3n) is 9.28. The third kappa shape index (κ3) is 4.86. The highest BCUT2D eigenvalue weighted by atomic mass is 16.3. The van der Waals surface area contributed by atoms with Crippen molar-refractivity contribution in [1.82, 2.24) is 24.8 Å². The monoisotopic (exact) mass is 494 g/mol. The van der Waals surface area contributed by atoms with Crippen molar-refractivity contribution in [2.45, 2.75) is 108 Å². The van der Waals surface area contributed by atoms with Crippen LogP contribution in [0.3, 0.4) is 0 Å². The maximum atomic E-state index is 13.0. The van der Waals surface area contributed by atoms with Crippen LogP contribution in [0.25, 0.3) is 11.0 Å². The molecule has 196 valence electrons. The van der Waals surface area contributed by atoms with Gasteiger partial charge < -0.3 is 25.2 Å². The number of nitrogens with zero attached hydrogens (tertiary/aromatic N) is 4. The molecule has 2 saturated heterocycles. The zero-order chi connectivity index (χ0) is 24.6. The summed E-state index contributed by atoms with van der Waals surface area (Å²) in [6.45, 7) is 4.85. The molecule has 4 heterocycles. The summed E-state index contributed by atoms with van der Waals surface area (Å²) in [5.41, 5.74) is 2.37. The smallest absolute Gasteiger partial charge is 0.239 e. The second-order valence-corrected chi connectivity index (χ2v) is 11.6. The normalized spacial score (nSPS) is 31.5. The Morgan fingerprint density at radius 3 is 2.64 bits per heavy atom. The van der Waals surface area contributed by atoms with E-state index >= 15 is 0 Å². The van der Waals surface area contributed by atoms with E-state index < -0.39 is 0 Å². The van der Waals surface area contributed by atoms with Crippen molar-refractivity contribution < 1.29 is 9.90 Å². The molecule has 8 nitrogen and oxygen atoms in total. The van der Waals surface area contributed by atoms with E-state index in [9.17, 15) is 9.90 Å². The molecule has 4 fully saturated rings. The van der Waals surface area contributed by atoms with Gasteiger partial charge in [-0.1, -0.05) is 19.8 Å². The summed E-state index contributed by atoms with van der Waals surface area (Å²) in [5.74, 6) is 2.19. The lowest BCUT2D eigenvalue weighted by Crippen LogP contribution is -2.50. The van der Waals surface area contributed by atoms with Gasteiger partial charge in [0.2, 0.25) is 11.9 Å². The standard InChI is InChI=1S/C28H42N6O2/c1-2-18-15-25(18)31-28-30-16-22-23(17-34(26(22)32-28)20-6-8-21(35)9-7-20)19-10-13-33(14-11-19)27(36)24-5-3-4-12-29-24/h16-21,24-25,29,35H,2-15H2,1H3,(H,30,31,32)/t18-,20?,21?,24+,25-/m0/s1. The average Bonchev–Trinajstić information content (AvgIpc) is 3.58. The van der Waals surface area contributed by atoms with E-state index in [0.717, 1.165) is 93.9 Å². The van der Waals surface area contributed by atoms with Crippen molar-refractivity contribution in [2.24, 2.45) is 5.92 Å². The van der Waals surface area contributed by atoms with E-state index in [1.807, 2.05) is 6.20 Å². The predicted molar refractivity (Wildman–Crippen MR) is 141 cm³/mol. The maximum absolute atomic E-state index is 13.0. The molecule has 3 atom stereocenters. The molecule has 2 aliphatic carbocycles. The topological polar surface area (TPSA) is 95.3 Å². The number of aliphatic hydroxyl groups excluding tert-OH is 1. The van der Waals surface area contributed by atoms with Gasteiger partial charge in [-0.05, 0) is 81.7 Å². The molecule has 0 aromatic carbocycles. The number of carbonyl (C=O) groups excluding carboxylic acids is 1. The summed E-state index contributed by atoms with van der Waals surface area (Å²) in [4.78, 5) is 24.9. The van der Waals surface area contributed by atoms with Crippen molar-refractivity contribution in [3.8, 4) is 0 Å². The van der Waals surface area contributed by atoms with Crippen molar-refractivity contribution in [3.63, 3.8) is 0 Å². The van der Waals surface area contributed by atoms with Gasteiger partial charge in [0.15, 0.2) is 0 Å². The molecule has 0 radical (unpaired) electrons. The highest BCUT2D eigenvalue weighted by molar-refractivity contribution is 5.83. The first-order chi connectivity index (χ1) is 17.6. The van der Waals surface area contributed by atoms with Crippen LogP contribution in [0.5, 0.6) is 0 Å². The van der Waals surface area contributed by atoms with Crippen LogP contribution < -0.4 is 10.6 Å². The van der Waals surface area contributed by atoms with Gasteiger partial charge in [-0.2, -0.15) is 4.98 Å². The number of aliphatic hydroxyl groups is 1. The molecular weight excluding hydrogens is 452 g/mol. The van der Waals surface area contributed by atoms with Gasteiger partial charge >= 0.3 is 0 Å². The molecule has 36 heavy (non-hydrogen) atoms. The molecular formula is C28H42N6O2. The van der Waals surface area contributed by atoms with Crippen LogP contribution in [0.15, 0.2) is 12.4 Å². The number of fused-ring (bicyclic) bond motifs is 1. The number of likely N-dealkylation sites (tertiary alicyclic amines) is 1. The molecule has 6 rings (SSSR count). The van der Waals surface area contributed by atoms with Crippen molar-refractivity contribution in [1.29, 1.82) is 0 Å². The number of anilines is 1. The molecule has 2 aromatic heterocycles. The molecule has 4 aliphatic rings. The van der Waals surface area contributed by atoms with Crippen LogP contribution in [0.1, 0.15) is 95.1 Å². The summed E-state index contributed by atoms with van der Waals surface area (Å²) in [7, 11) is 0. The highest BCUT2D eigenvalue weighted by Crippen LogP contribution is 2.39. The van der Waals surface area contributed by atoms with Crippen LogP contribution in [0.2, 0.25) is 0 Å². The Balaban J connectivity index is 1.22. The lowest BCUT2D eigenvalue weighted by Gasteiger charge is -2.35. The largest absolute Gasteiger partial charge is 0.393 e. The fourth-order valence-corrected chi connectivity index (χ4v) is 6.80. The maximum Gasteiger partial charge on any atom is 0.239 e. The Hall–Kier alpha value is -2.19. The van der Waals surface area contributed by atoms with Gasteiger partial charge in [0.25, 0.3) is 0 Å². The number of aromatic nitrogens is 3. The minimum Gasteiger partial charge on any atom is -0.393 e. The second-order valence-electron chi connectivity index (χ2n) is 11.6. The Morgan fingerprint density at radius 2 is 1.94 bits per heavy atom. The quantitative estimate of drug-likeness (QED) is 0.563. The summed E-state index contributed by atoms with van der Waals surface area (Å²) >= 11 is 0. The molecule has 2 aromatic rings. The van der Waals surface area contributed by atoms with Gasteiger partial charge in [0, 0.05) is 43.0 Å². The minimum atomic E-state index is -0.171. The molecule has 3 N–H and O–H groups in total. The fourth-order valence-electron chi connectivity index (χ4n) is 6.80. The van der Waals surface area contributed by atoms with Crippen molar-refractivity contribution >= 4 is 22.9 Å². The number of hydrogen-bond acceptors (Lipinski definition) is 6. The molecule has 0 bridgehead atoms. The summed E-state index contributed by atoms with van der Waals surface area (Å²) in [6.07, 6.45) is 15.5. The Bertz CT molecular complexity index is 1060. The lowest BCUT2D eigenvalue weighted by atomic mass is 9.89. The summed E-state index contributed by atoms with van der Waals surface area (Å²) in [6, 6.07) is 0.883. The zero-order valence-corrected chi connectivity index (χ0v) is 21.7. The first kappa shape index (κ1) is 24.2. The first-order valence-corrected chi connectivity index (χ1v) is 14.4. The summed E-state index contributed by atoms with van der Waals surface area (Å²) in [5, 5.41) is 18.2. The van der Waals surface area contributed by atoms with E-state index in [2.05, 4.69) is 33.2 Å². The fraction of sp³-hybridized carbons (Fsp3) is 0.750. The highest BCUT2D eigenvalue weighted by Gasteiger charge is 2.36. The number of carbonyl (C=O) groups is 1. The first-order valence-electron chi connectivity index (χ1n) is 14.4. The van der Waals surface area contributed by atoms with Gasteiger partial charge in [0.05, 0.1) is 12.1 Å². The van der Waals surface area contributed by atoms with Crippen LogP contribution >= 0.6 is 0 Å². The molecule has 0 unspecified atom stereocenters. The number of hydrogen-bond donors (Lipinski definition) is 3. The Labute approximate surface area is 214 Å². The average molecular weight is 495 g/mol. The molecule has 0 spiro atoms. The number of amides is 1. The Morgan fingerprint density at radius 1 is 1.14 bits per heavy atom. The predicted octanol–water partition coefficient (Wildman–Crippen LogP) is 3.97. The third-order valence-corrected chi connectivity index (χ3v) is 9.28. The van der Waals surface area contributed by atoms with Gasteiger partial charge in [-0.15, -0.1) is 0 Å². The van der Waals surface area contributed by atoms with Gasteiger partial charge in [-0.3, -0.25) is 4.79 Å². The minimum absolute atomic E-state index is 0.0111. The van der Waals surface area contributed by atoms with Crippen LogP contribution in [-0.2, 0) is 4.79 Å². The lowest BCUT2D eigenvalue weighted by molar-refractivity contribution is -0.135. The van der Waals surface area contributed by atoms with Crippen LogP contribution in [0.4, 0.5) is 5.95 Å². The molecule has 2 aliphatic heterocycles. The van der Waals surface area contributed by atoms with E-state index in [-0.39, 0.29) is 12.1 Å². The summed E-state index contributed by atoms with van der Waals surface area (Å²) < 4.78 is 2.39. The molecule has 1 amide bonds. The van der Waals surface area contributed by atoms with Crippen LogP contribution in [-0.4, -0.2) is 68.3 Å². The van der Waals surface area contributed by atoms with E-state index in [0.29, 0.717) is 23.9 Å². The van der Waals surface area contributed by atoms with Crippen molar-refractivity contribution in [3.05, 3.63) is 18.0 Å². The number of rotatable bonds is 6. The number of piperidine rings is 2. The van der Waals surface area contributed by atoms with Gasteiger partial charge in [-0.25, -0.2) is 4.98 Å². The van der Waals surface area contributed by atoms with Crippen LogP contribution in [0, 0.1) is 5.92 Å². The van der Waals surface area contributed by atoms with E-state index in [4.69, 9.17) is 9.97 Å². The second kappa shape index (κ2) is 10.3. The van der Waals surface area contributed by atoms with E-state index in [1.165, 1.54) is 24.8 Å². The van der Waals surface area contributed by atoms with Gasteiger partial charge in [0.1, 0.15) is 5.65 Å². The Kier molecular flexibility index (Phi) is 6.90.